The number of aromatic nitrogens is 2. The number of nitrogens with one attached hydrogen (secondary N) is 1. The molecule has 0 aliphatic rings. The molecule has 4 heteroatoms. The van der Waals surface area contributed by atoms with Crippen LogP contribution in [0, 0.1) is 0 Å². The zero-order chi connectivity index (χ0) is 15.1. The fourth-order valence-corrected chi connectivity index (χ4v) is 2.44. The quantitative estimate of drug-likeness (QED) is 0.850. The van der Waals surface area contributed by atoms with Crippen molar-refractivity contribution in [1.29, 1.82) is 0 Å². The van der Waals surface area contributed by atoms with Crippen LogP contribution in [0.5, 0.6) is 0 Å². The van der Waals surface area contributed by atoms with Crippen LogP contribution in [0.25, 0.3) is 0 Å². The Labute approximate surface area is 125 Å². The third kappa shape index (κ3) is 4.26. The van der Waals surface area contributed by atoms with Gasteiger partial charge in [0.2, 0.25) is 0 Å². The Kier molecular flexibility index (Phi) is 5.69. The van der Waals surface area contributed by atoms with E-state index in [1.165, 1.54) is 15.8 Å². The summed E-state index contributed by atoms with van der Waals surface area (Å²) in [7, 11) is 0. The molecule has 0 fully saturated rings. The third-order valence-corrected chi connectivity index (χ3v) is 3.51. The second kappa shape index (κ2) is 7.74. The minimum absolute atomic E-state index is 0.0667. The number of likely N-dealkylation sites (N-methyl/N-ethyl adjacent to an activating group) is 1. The molecule has 0 bridgehead atoms. The van der Waals surface area contributed by atoms with Crippen LogP contribution >= 0.6 is 0 Å². The van der Waals surface area contributed by atoms with Gasteiger partial charge in [0, 0.05) is 12.3 Å². The van der Waals surface area contributed by atoms with E-state index in [2.05, 4.69) is 48.5 Å². The SMILES string of the molecule is CCCc1ccc(C(Cn2ncccc2=O)NCC)cc1. The van der Waals surface area contributed by atoms with Crippen LogP contribution < -0.4 is 10.9 Å². The first-order valence-electron chi connectivity index (χ1n) is 7.59. The smallest absolute Gasteiger partial charge is 0.266 e. The van der Waals surface area contributed by atoms with E-state index >= 15 is 0 Å². The highest BCUT2D eigenvalue weighted by atomic mass is 16.1. The second-order valence-electron chi connectivity index (χ2n) is 5.15. The highest BCUT2D eigenvalue weighted by Gasteiger charge is 2.12. The van der Waals surface area contributed by atoms with Gasteiger partial charge in [-0.05, 0) is 30.2 Å². The third-order valence-electron chi connectivity index (χ3n) is 3.51. The van der Waals surface area contributed by atoms with Crippen LogP contribution in [0.3, 0.4) is 0 Å². The average Bonchev–Trinajstić information content (AvgIpc) is 2.50. The normalized spacial score (nSPS) is 12.3. The van der Waals surface area contributed by atoms with E-state index in [9.17, 15) is 4.79 Å². The van der Waals surface area contributed by atoms with E-state index in [-0.39, 0.29) is 11.6 Å². The molecule has 1 aromatic heterocycles. The summed E-state index contributed by atoms with van der Waals surface area (Å²) >= 11 is 0. The van der Waals surface area contributed by atoms with Gasteiger partial charge in [0.1, 0.15) is 0 Å². The van der Waals surface area contributed by atoms with E-state index < -0.39 is 0 Å². The number of rotatable bonds is 7. The molecule has 0 saturated heterocycles. The molecule has 1 aromatic carbocycles. The van der Waals surface area contributed by atoms with Gasteiger partial charge in [-0.25, -0.2) is 4.68 Å². The summed E-state index contributed by atoms with van der Waals surface area (Å²) in [6.07, 6.45) is 3.90. The summed E-state index contributed by atoms with van der Waals surface area (Å²) in [5, 5.41) is 7.56. The molecule has 4 nitrogen and oxygen atoms in total. The fourth-order valence-electron chi connectivity index (χ4n) is 2.44. The van der Waals surface area contributed by atoms with Crippen molar-refractivity contribution in [2.75, 3.05) is 6.54 Å². The molecule has 2 aromatic rings. The molecule has 21 heavy (non-hydrogen) atoms. The minimum Gasteiger partial charge on any atom is -0.309 e. The Hall–Kier alpha value is -1.94. The number of aryl methyl sites for hydroxylation is 1. The van der Waals surface area contributed by atoms with Gasteiger partial charge in [-0.15, -0.1) is 0 Å². The van der Waals surface area contributed by atoms with Gasteiger partial charge in [0.05, 0.1) is 12.6 Å². The van der Waals surface area contributed by atoms with Gasteiger partial charge in [-0.3, -0.25) is 4.79 Å². The molecule has 0 aliphatic heterocycles. The Balaban J connectivity index is 2.18. The molecule has 2 rings (SSSR count). The first kappa shape index (κ1) is 15.4. The fraction of sp³-hybridized carbons (Fsp3) is 0.412. The summed E-state index contributed by atoms with van der Waals surface area (Å²) in [5.74, 6) is 0. The van der Waals surface area contributed by atoms with Crippen molar-refractivity contribution in [2.24, 2.45) is 0 Å². The van der Waals surface area contributed by atoms with Crippen molar-refractivity contribution in [1.82, 2.24) is 15.1 Å². The van der Waals surface area contributed by atoms with E-state index in [0.29, 0.717) is 6.54 Å². The standard InChI is InChI=1S/C17H23N3O/c1-3-6-14-8-10-15(11-9-14)16(18-4-2)13-20-17(21)7-5-12-19-20/h5,7-12,16,18H,3-4,6,13H2,1-2H3. The molecule has 112 valence electrons. The summed E-state index contributed by atoms with van der Waals surface area (Å²) in [5.41, 5.74) is 2.48. The highest BCUT2D eigenvalue weighted by molar-refractivity contribution is 5.25. The van der Waals surface area contributed by atoms with Gasteiger partial charge < -0.3 is 5.32 Å². The van der Waals surface area contributed by atoms with Crippen LogP contribution in [0.15, 0.2) is 47.4 Å². The maximum Gasteiger partial charge on any atom is 0.266 e. The van der Waals surface area contributed by atoms with E-state index in [4.69, 9.17) is 0 Å². The van der Waals surface area contributed by atoms with Crippen LogP contribution in [0.4, 0.5) is 0 Å². The van der Waals surface area contributed by atoms with Gasteiger partial charge in [0.25, 0.3) is 5.56 Å². The van der Waals surface area contributed by atoms with E-state index in [1.54, 1.807) is 18.3 Å². The Morgan fingerprint density at radius 1 is 1.19 bits per heavy atom. The first-order chi connectivity index (χ1) is 10.2. The van der Waals surface area contributed by atoms with Crippen molar-refractivity contribution < 1.29 is 0 Å². The van der Waals surface area contributed by atoms with Crippen LogP contribution in [0.1, 0.15) is 37.4 Å². The van der Waals surface area contributed by atoms with Crippen LogP contribution in [-0.4, -0.2) is 16.3 Å². The van der Waals surface area contributed by atoms with Gasteiger partial charge in [-0.2, -0.15) is 5.10 Å². The molecule has 1 N–H and O–H groups in total. The maximum atomic E-state index is 11.8. The van der Waals surface area contributed by atoms with Crippen molar-refractivity contribution in [3.05, 3.63) is 64.1 Å². The number of hydrogen-bond donors (Lipinski definition) is 1. The van der Waals surface area contributed by atoms with Gasteiger partial charge in [0.15, 0.2) is 0 Å². The maximum absolute atomic E-state index is 11.8. The summed E-state index contributed by atoms with van der Waals surface area (Å²) in [4.78, 5) is 11.8. The van der Waals surface area contributed by atoms with Gasteiger partial charge >= 0.3 is 0 Å². The van der Waals surface area contributed by atoms with Gasteiger partial charge in [-0.1, -0.05) is 44.5 Å². The highest BCUT2D eigenvalue weighted by Crippen LogP contribution is 2.16. The summed E-state index contributed by atoms with van der Waals surface area (Å²) < 4.78 is 1.51. The monoisotopic (exact) mass is 285 g/mol. The molecule has 1 heterocycles. The predicted molar refractivity (Wildman–Crippen MR) is 85.4 cm³/mol. The first-order valence-corrected chi connectivity index (χ1v) is 7.59. The lowest BCUT2D eigenvalue weighted by Gasteiger charge is -2.19. The number of hydrogen-bond acceptors (Lipinski definition) is 3. The average molecular weight is 285 g/mol. The van der Waals surface area contributed by atoms with E-state index in [1.807, 2.05) is 0 Å². The number of nitrogens with zero attached hydrogens (tertiary/aromatic N) is 2. The minimum atomic E-state index is -0.0667. The van der Waals surface area contributed by atoms with E-state index in [0.717, 1.165) is 19.4 Å². The molecular weight excluding hydrogens is 262 g/mol. The van der Waals surface area contributed by atoms with Crippen LogP contribution in [0.2, 0.25) is 0 Å². The molecule has 0 amide bonds. The molecule has 1 atom stereocenters. The van der Waals surface area contributed by atoms with Crippen molar-refractivity contribution in [2.45, 2.75) is 39.3 Å². The Morgan fingerprint density at radius 2 is 1.95 bits per heavy atom. The largest absolute Gasteiger partial charge is 0.309 e. The lowest BCUT2D eigenvalue weighted by Crippen LogP contribution is -2.31. The molecule has 0 aliphatic carbocycles. The Morgan fingerprint density at radius 3 is 2.57 bits per heavy atom. The zero-order valence-electron chi connectivity index (χ0n) is 12.7. The second-order valence-corrected chi connectivity index (χ2v) is 5.15. The zero-order valence-corrected chi connectivity index (χ0v) is 12.7. The molecule has 1 unspecified atom stereocenters. The molecule has 0 spiro atoms. The van der Waals surface area contributed by atoms with Crippen molar-refractivity contribution >= 4 is 0 Å². The topological polar surface area (TPSA) is 46.9 Å². The lowest BCUT2D eigenvalue weighted by molar-refractivity contribution is 0.434. The molecule has 0 saturated carbocycles. The van der Waals surface area contributed by atoms with Crippen molar-refractivity contribution in [3.63, 3.8) is 0 Å². The molecular formula is C17H23N3O. The Bertz CT molecular complexity index is 604. The predicted octanol–water partition coefficient (Wildman–Crippen LogP) is 2.55. The summed E-state index contributed by atoms with van der Waals surface area (Å²) in [6, 6.07) is 11.9. The van der Waals surface area contributed by atoms with Crippen molar-refractivity contribution in [3.8, 4) is 0 Å². The van der Waals surface area contributed by atoms with Crippen LogP contribution in [-0.2, 0) is 13.0 Å². The lowest BCUT2D eigenvalue weighted by atomic mass is 10.0. The molecule has 0 radical (unpaired) electrons. The number of benzene rings is 1. The summed E-state index contributed by atoms with van der Waals surface area (Å²) in [6.45, 7) is 5.64.